The Morgan fingerprint density at radius 3 is 2.56 bits per heavy atom. The van der Waals surface area contributed by atoms with E-state index < -0.39 is 0 Å². The van der Waals surface area contributed by atoms with Crippen LogP contribution in [0.3, 0.4) is 0 Å². The van der Waals surface area contributed by atoms with Gasteiger partial charge < -0.3 is 5.73 Å². The lowest BCUT2D eigenvalue weighted by molar-refractivity contribution is 0.319. The molecule has 0 bridgehead atoms. The lowest BCUT2D eigenvalue weighted by Gasteiger charge is -2.18. The maximum Gasteiger partial charge on any atom is 0.0371 e. The topological polar surface area (TPSA) is 42.2 Å². The summed E-state index contributed by atoms with van der Waals surface area (Å²) in [4.78, 5) is 6.25. The molecule has 3 nitrogen and oxygen atoms in total. The molecule has 0 saturated carbocycles. The Kier molecular flexibility index (Phi) is 4.33. The van der Waals surface area contributed by atoms with Crippen molar-refractivity contribution in [3.63, 3.8) is 0 Å². The van der Waals surface area contributed by atoms with Crippen molar-refractivity contribution in [2.24, 2.45) is 0 Å². The van der Waals surface area contributed by atoms with Crippen molar-refractivity contribution in [2.45, 2.75) is 13.1 Å². The molecule has 0 unspecified atom stereocenters. The Hall–Kier alpha value is -1.39. The van der Waals surface area contributed by atoms with Gasteiger partial charge in [0.2, 0.25) is 0 Å². The second-order valence-electron chi connectivity index (χ2n) is 4.34. The summed E-state index contributed by atoms with van der Waals surface area (Å²) in [6.45, 7) is 1.69. The fourth-order valence-electron chi connectivity index (χ4n) is 1.87. The fourth-order valence-corrected chi connectivity index (χ4v) is 2.37. The summed E-state index contributed by atoms with van der Waals surface area (Å²) in [5.74, 6) is 0. The van der Waals surface area contributed by atoms with Crippen LogP contribution in [0, 0.1) is 0 Å². The fraction of sp³-hybridized carbons (Fsp3) is 0.214. The molecule has 0 aliphatic carbocycles. The molecule has 18 heavy (non-hydrogen) atoms. The summed E-state index contributed by atoms with van der Waals surface area (Å²) in [5, 5.41) is 0. The quantitative estimate of drug-likeness (QED) is 0.883. The first-order chi connectivity index (χ1) is 8.66. The summed E-state index contributed by atoms with van der Waals surface area (Å²) >= 11 is 3.54. The van der Waals surface area contributed by atoms with E-state index in [2.05, 4.69) is 32.9 Å². The van der Waals surface area contributed by atoms with Crippen LogP contribution in [0.25, 0.3) is 0 Å². The van der Waals surface area contributed by atoms with Crippen LogP contribution >= 0.6 is 15.9 Å². The molecule has 1 heterocycles. The minimum Gasteiger partial charge on any atom is -0.398 e. The molecule has 2 N–H and O–H groups in total. The van der Waals surface area contributed by atoms with Crippen molar-refractivity contribution >= 4 is 21.6 Å². The number of aromatic nitrogens is 1. The van der Waals surface area contributed by atoms with E-state index in [0.717, 1.165) is 28.8 Å². The second kappa shape index (κ2) is 5.98. The number of benzene rings is 1. The maximum absolute atomic E-state index is 6.00. The van der Waals surface area contributed by atoms with Gasteiger partial charge in [0.1, 0.15) is 0 Å². The van der Waals surface area contributed by atoms with E-state index in [9.17, 15) is 0 Å². The molecule has 0 aliphatic rings. The van der Waals surface area contributed by atoms with E-state index in [1.807, 2.05) is 42.7 Å². The van der Waals surface area contributed by atoms with E-state index in [4.69, 9.17) is 5.73 Å². The summed E-state index contributed by atoms with van der Waals surface area (Å²) in [5.41, 5.74) is 9.20. The van der Waals surface area contributed by atoms with Crippen LogP contribution in [0.5, 0.6) is 0 Å². The predicted molar refractivity (Wildman–Crippen MR) is 78.0 cm³/mol. The zero-order chi connectivity index (χ0) is 13.0. The monoisotopic (exact) mass is 305 g/mol. The Bertz CT molecular complexity index is 493. The Morgan fingerprint density at radius 1 is 1.17 bits per heavy atom. The van der Waals surface area contributed by atoms with Crippen LogP contribution in [0.1, 0.15) is 11.1 Å². The third kappa shape index (κ3) is 3.31. The van der Waals surface area contributed by atoms with Crippen LogP contribution in [-0.2, 0) is 13.1 Å². The van der Waals surface area contributed by atoms with Crippen molar-refractivity contribution in [3.8, 4) is 0 Å². The molecular formula is C14H16BrN3. The summed E-state index contributed by atoms with van der Waals surface area (Å²) < 4.78 is 1.06. The van der Waals surface area contributed by atoms with Crippen molar-refractivity contribution < 1.29 is 0 Å². The molecule has 94 valence electrons. The third-order valence-electron chi connectivity index (χ3n) is 2.78. The van der Waals surface area contributed by atoms with Crippen molar-refractivity contribution in [1.29, 1.82) is 0 Å². The third-order valence-corrected chi connectivity index (χ3v) is 3.53. The van der Waals surface area contributed by atoms with Gasteiger partial charge in [-0.05, 0) is 36.9 Å². The SMILES string of the molecule is CN(Cc1ccncc1)Cc1c(N)cccc1Br. The molecule has 2 rings (SSSR count). The predicted octanol–water partition coefficient (Wildman–Crippen LogP) is 3.06. The van der Waals surface area contributed by atoms with Crippen LogP contribution in [0.15, 0.2) is 47.2 Å². The number of rotatable bonds is 4. The van der Waals surface area contributed by atoms with Crippen LogP contribution in [0.4, 0.5) is 5.69 Å². The molecule has 0 atom stereocenters. The average Bonchev–Trinajstić information content (AvgIpc) is 2.35. The summed E-state index contributed by atoms with van der Waals surface area (Å²) in [6.07, 6.45) is 3.63. The molecule has 0 spiro atoms. The highest BCUT2D eigenvalue weighted by Crippen LogP contribution is 2.24. The number of nitrogens with zero attached hydrogens (tertiary/aromatic N) is 2. The number of halogens is 1. The molecule has 1 aromatic heterocycles. The standard InChI is InChI=1S/C14H16BrN3/c1-18(9-11-5-7-17-8-6-11)10-12-13(15)3-2-4-14(12)16/h2-8H,9-10,16H2,1H3. The highest BCUT2D eigenvalue weighted by Gasteiger charge is 2.07. The van der Waals surface area contributed by atoms with Gasteiger partial charge in [-0.15, -0.1) is 0 Å². The van der Waals surface area contributed by atoms with Crippen LogP contribution < -0.4 is 5.73 Å². The van der Waals surface area contributed by atoms with Gasteiger partial charge >= 0.3 is 0 Å². The first-order valence-electron chi connectivity index (χ1n) is 5.77. The summed E-state index contributed by atoms with van der Waals surface area (Å²) in [7, 11) is 2.08. The first kappa shape index (κ1) is 13.1. The Balaban J connectivity index is 2.06. The van der Waals surface area contributed by atoms with Gasteiger partial charge in [0.25, 0.3) is 0 Å². The van der Waals surface area contributed by atoms with Crippen molar-refractivity contribution in [2.75, 3.05) is 12.8 Å². The van der Waals surface area contributed by atoms with E-state index in [1.165, 1.54) is 5.56 Å². The molecule has 2 aromatic rings. The van der Waals surface area contributed by atoms with Gasteiger partial charge in [-0.3, -0.25) is 9.88 Å². The lowest BCUT2D eigenvalue weighted by atomic mass is 10.1. The number of nitrogens with two attached hydrogens (primary N) is 1. The van der Waals surface area contributed by atoms with E-state index in [-0.39, 0.29) is 0 Å². The second-order valence-corrected chi connectivity index (χ2v) is 5.19. The highest BCUT2D eigenvalue weighted by atomic mass is 79.9. The molecular weight excluding hydrogens is 290 g/mol. The Labute approximate surface area is 116 Å². The van der Waals surface area contributed by atoms with E-state index >= 15 is 0 Å². The normalized spacial score (nSPS) is 10.8. The smallest absolute Gasteiger partial charge is 0.0371 e. The van der Waals surface area contributed by atoms with Gasteiger partial charge in [-0.2, -0.15) is 0 Å². The van der Waals surface area contributed by atoms with Gasteiger partial charge in [0, 0.05) is 41.2 Å². The zero-order valence-corrected chi connectivity index (χ0v) is 11.9. The summed E-state index contributed by atoms with van der Waals surface area (Å²) in [6, 6.07) is 9.96. The average molecular weight is 306 g/mol. The van der Waals surface area contributed by atoms with Gasteiger partial charge in [0.05, 0.1) is 0 Å². The number of pyridine rings is 1. The zero-order valence-electron chi connectivity index (χ0n) is 10.3. The molecule has 0 fully saturated rings. The van der Waals surface area contributed by atoms with Gasteiger partial charge in [0.15, 0.2) is 0 Å². The van der Waals surface area contributed by atoms with Crippen molar-refractivity contribution in [1.82, 2.24) is 9.88 Å². The van der Waals surface area contributed by atoms with Gasteiger partial charge in [-0.25, -0.2) is 0 Å². The lowest BCUT2D eigenvalue weighted by Crippen LogP contribution is -2.18. The number of anilines is 1. The van der Waals surface area contributed by atoms with Crippen LogP contribution in [0.2, 0.25) is 0 Å². The first-order valence-corrected chi connectivity index (χ1v) is 6.56. The largest absolute Gasteiger partial charge is 0.398 e. The van der Waals surface area contributed by atoms with Crippen LogP contribution in [-0.4, -0.2) is 16.9 Å². The highest BCUT2D eigenvalue weighted by molar-refractivity contribution is 9.10. The number of nitrogen functional groups attached to an aromatic ring is 1. The minimum absolute atomic E-state index is 0.815. The molecule has 1 aromatic carbocycles. The van der Waals surface area contributed by atoms with E-state index in [0.29, 0.717) is 0 Å². The number of hydrogen-bond acceptors (Lipinski definition) is 3. The van der Waals surface area contributed by atoms with Gasteiger partial charge in [-0.1, -0.05) is 22.0 Å². The molecule has 0 saturated heterocycles. The number of hydrogen-bond donors (Lipinski definition) is 1. The molecule has 4 heteroatoms. The van der Waals surface area contributed by atoms with Crippen molar-refractivity contribution in [3.05, 3.63) is 58.3 Å². The molecule has 0 amide bonds. The molecule has 0 radical (unpaired) electrons. The Morgan fingerprint density at radius 2 is 1.89 bits per heavy atom. The molecule has 0 aliphatic heterocycles. The van der Waals surface area contributed by atoms with E-state index in [1.54, 1.807) is 0 Å². The maximum atomic E-state index is 6.00. The minimum atomic E-state index is 0.815.